The molecule has 0 aromatic carbocycles. The predicted molar refractivity (Wildman–Crippen MR) is 58.1 cm³/mol. The number of hydrogen-bond acceptors (Lipinski definition) is 3. The van der Waals surface area contributed by atoms with Gasteiger partial charge in [0.1, 0.15) is 0 Å². The third-order valence-electron chi connectivity index (χ3n) is 2.98. The van der Waals surface area contributed by atoms with E-state index in [4.69, 9.17) is 5.26 Å². The van der Waals surface area contributed by atoms with Crippen LogP contribution in [0.5, 0.6) is 0 Å². The third-order valence-corrected chi connectivity index (χ3v) is 2.98. The molecule has 1 aliphatic rings. The van der Waals surface area contributed by atoms with Crippen LogP contribution in [0.2, 0.25) is 0 Å². The van der Waals surface area contributed by atoms with Crippen molar-refractivity contribution >= 4 is 5.91 Å². The summed E-state index contributed by atoms with van der Waals surface area (Å²) >= 11 is 0. The smallest absolute Gasteiger partial charge is 0.239 e. The van der Waals surface area contributed by atoms with Crippen LogP contribution in [0.25, 0.3) is 0 Å². The van der Waals surface area contributed by atoms with Crippen molar-refractivity contribution in [3.8, 4) is 6.07 Å². The minimum atomic E-state index is -0.398. The fourth-order valence-electron chi connectivity index (χ4n) is 1.84. The van der Waals surface area contributed by atoms with Gasteiger partial charge in [-0.25, -0.2) is 0 Å². The Bertz CT molecular complexity index is 267. The average Bonchev–Trinajstić information content (AvgIpc) is 2.19. The summed E-state index contributed by atoms with van der Waals surface area (Å²) < 4.78 is 0. The van der Waals surface area contributed by atoms with Crippen LogP contribution >= 0.6 is 0 Å². The van der Waals surface area contributed by atoms with Crippen LogP contribution in [0, 0.1) is 11.3 Å². The van der Waals surface area contributed by atoms with Gasteiger partial charge in [0.05, 0.1) is 11.6 Å². The lowest BCUT2D eigenvalue weighted by molar-refractivity contribution is -0.135. The standard InChI is InChI=1S/C11H19N3O/c1-11(2)10(15)13-7-9-14(11)8-5-3-4-6-12/h3-5,7-9H2,1-2H3,(H,13,15). The maximum atomic E-state index is 11.6. The lowest BCUT2D eigenvalue weighted by Gasteiger charge is -2.41. The molecule has 0 radical (unpaired) electrons. The van der Waals surface area contributed by atoms with E-state index < -0.39 is 5.54 Å². The molecule has 84 valence electrons. The van der Waals surface area contributed by atoms with Crippen LogP contribution in [-0.2, 0) is 4.79 Å². The topological polar surface area (TPSA) is 56.1 Å². The van der Waals surface area contributed by atoms with E-state index in [-0.39, 0.29) is 5.91 Å². The summed E-state index contributed by atoms with van der Waals surface area (Å²) in [5, 5.41) is 11.3. The van der Waals surface area contributed by atoms with Crippen LogP contribution < -0.4 is 5.32 Å². The van der Waals surface area contributed by atoms with Crippen LogP contribution in [0.1, 0.15) is 33.1 Å². The van der Waals surface area contributed by atoms with Gasteiger partial charge in [-0.3, -0.25) is 9.69 Å². The van der Waals surface area contributed by atoms with E-state index in [2.05, 4.69) is 16.3 Å². The first-order valence-corrected chi connectivity index (χ1v) is 5.49. The third kappa shape index (κ3) is 2.93. The molecule has 15 heavy (non-hydrogen) atoms. The van der Waals surface area contributed by atoms with Gasteiger partial charge < -0.3 is 5.32 Å². The molecule has 4 nitrogen and oxygen atoms in total. The number of carbonyl (C=O) groups excluding carboxylic acids is 1. The molecule has 1 aliphatic heterocycles. The Morgan fingerprint density at radius 2 is 2.27 bits per heavy atom. The second-order valence-electron chi connectivity index (χ2n) is 4.42. The van der Waals surface area contributed by atoms with Gasteiger partial charge in [0.25, 0.3) is 0 Å². The van der Waals surface area contributed by atoms with Gasteiger partial charge in [0, 0.05) is 19.5 Å². The summed E-state index contributed by atoms with van der Waals surface area (Å²) in [6.45, 7) is 6.45. The summed E-state index contributed by atoms with van der Waals surface area (Å²) in [5.74, 6) is 0.106. The maximum absolute atomic E-state index is 11.6. The first-order chi connectivity index (χ1) is 7.09. The van der Waals surface area contributed by atoms with Crippen LogP contribution in [0.15, 0.2) is 0 Å². The van der Waals surface area contributed by atoms with E-state index >= 15 is 0 Å². The molecule has 1 N–H and O–H groups in total. The minimum absolute atomic E-state index is 0.106. The molecular weight excluding hydrogens is 190 g/mol. The molecule has 0 spiro atoms. The number of piperazine rings is 1. The second kappa shape index (κ2) is 5.13. The highest BCUT2D eigenvalue weighted by molar-refractivity contribution is 5.86. The van der Waals surface area contributed by atoms with Crippen molar-refractivity contribution in [3.63, 3.8) is 0 Å². The lowest BCUT2D eigenvalue weighted by Crippen LogP contribution is -2.61. The second-order valence-corrected chi connectivity index (χ2v) is 4.42. The van der Waals surface area contributed by atoms with Crippen molar-refractivity contribution in [2.45, 2.75) is 38.6 Å². The van der Waals surface area contributed by atoms with Crippen molar-refractivity contribution < 1.29 is 4.79 Å². The van der Waals surface area contributed by atoms with Crippen molar-refractivity contribution in [1.82, 2.24) is 10.2 Å². The van der Waals surface area contributed by atoms with E-state index in [1.165, 1.54) is 0 Å². The lowest BCUT2D eigenvalue weighted by atomic mass is 9.98. The number of carbonyl (C=O) groups is 1. The SMILES string of the molecule is CC1(C)C(=O)NCCN1CCCCC#N. The van der Waals surface area contributed by atoms with E-state index in [1.807, 2.05) is 13.8 Å². The molecular formula is C11H19N3O. The monoisotopic (exact) mass is 209 g/mol. The Balaban J connectivity index is 2.39. The predicted octanol–water partition coefficient (Wildman–Crippen LogP) is 0.891. The maximum Gasteiger partial charge on any atom is 0.239 e. The molecule has 1 fully saturated rings. The van der Waals surface area contributed by atoms with E-state index in [0.717, 1.165) is 32.5 Å². The van der Waals surface area contributed by atoms with Crippen molar-refractivity contribution in [2.75, 3.05) is 19.6 Å². The summed E-state index contributed by atoms with van der Waals surface area (Å²) in [4.78, 5) is 13.8. The van der Waals surface area contributed by atoms with Crippen molar-refractivity contribution in [1.29, 1.82) is 5.26 Å². The molecule has 0 aliphatic carbocycles. The van der Waals surface area contributed by atoms with Crippen LogP contribution in [-0.4, -0.2) is 36.0 Å². The summed E-state index contributed by atoms with van der Waals surface area (Å²) in [7, 11) is 0. The molecule has 4 heteroatoms. The zero-order valence-electron chi connectivity index (χ0n) is 9.55. The van der Waals surface area contributed by atoms with Gasteiger partial charge in [0.15, 0.2) is 0 Å². The van der Waals surface area contributed by atoms with Crippen molar-refractivity contribution in [3.05, 3.63) is 0 Å². The summed E-state index contributed by atoms with van der Waals surface area (Å²) in [5.41, 5.74) is -0.398. The first kappa shape index (κ1) is 12.0. The summed E-state index contributed by atoms with van der Waals surface area (Å²) in [6.07, 6.45) is 2.52. The zero-order chi connectivity index (χ0) is 11.3. The van der Waals surface area contributed by atoms with E-state index in [9.17, 15) is 4.79 Å². The molecule has 0 atom stereocenters. The van der Waals surface area contributed by atoms with E-state index in [0.29, 0.717) is 6.42 Å². The Labute approximate surface area is 91.2 Å². The number of nitrogens with one attached hydrogen (secondary N) is 1. The first-order valence-electron chi connectivity index (χ1n) is 5.49. The van der Waals surface area contributed by atoms with Gasteiger partial charge in [-0.05, 0) is 33.2 Å². The molecule has 0 bridgehead atoms. The molecule has 0 saturated carbocycles. The molecule has 1 heterocycles. The number of nitrogens with zero attached hydrogens (tertiary/aromatic N) is 2. The fourth-order valence-corrected chi connectivity index (χ4v) is 1.84. The number of amides is 1. The van der Waals surface area contributed by atoms with Crippen LogP contribution in [0.3, 0.4) is 0 Å². The van der Waals surface area contributed by atoms with Gasteiger partial charge in [0.2, 0.25) is 5.91 Å². The normalized spacial score (nSPS) is 20.7. The van der Waals surface area contributed by atoms with E-state index in [1.54, 1.807) is 0 Å². The van der Waals surface area contributed by atoms with Gasteiger partial charge in [-0.1, -0.05) is 0 Å². The molecule has 0 aromatic rings. The Morgan fingerprint density at radius 1 is 1.53 bits per heavy atom. The highest BCUT2D eigenvalue weighted by Crippen LogP contribution is 2.18. The molecule has 1 amide bonds. The Morgan fingerprint density at radius 3 is 2.93 bits per heavy atom. The number of rotatable bonds is 4. The highest BCUT2D eigenvalue weighted by Gasteiger charge is 2.36. The zero-order valence-corrected chi connectivity index (χ0v) is 9.55. The largest absolute Gasteiger partial charge is 0.353 e. The Hall–Kier alpha value is -1.08. The number of hydrogen-bond donors (Lipinski definition) is 1. The van der Waals surface area contributed by atoms with Gasteiger partial charge in [-0.2, -0.15) is 5.26 Å². The van der Waals surface area contributed by atoms with Gasteiger partial charge >= 0.3 is 0 Å². The average molecular weight is 209 g/mol. The highest BCUT2D eigenvalue weighted by atomic mass is 16.2. The van der Waals surface area contributed by atoms with Crippen molar-refractivity contribution in [2.24, 2.45) is 0 Å². The Kier molecular flexibility index (Phi) is 4.10. The molecule has 0 unspecified atom stereocenters. The summed E-state index contributed by atoms with van der Waals surface area (Å²) in [6, 6.07) is 2.14. The number of nitriles is 1. The number of unbranched alkanes of at least 4 members (excludes halogenated alkanes) is 2. The quantitative estimate of drug-likeness (QED) is 0.700. The molecule has 0 aromatic heterocycles. The molecule has 1 saturated heterocycles. The molecule has 1 rings (SSSR count). The van der Waals surface area contributed by atoms with Crippen LogP contribution in [0.4, 0.5) is 0 Å². The minimum Gasteiger partial charge on any atom is -0.353 e. The fraction of sp³-hybridized carbons (Fsp3) is 0.818. The van der Waals surface area contributed by atoms with Gasteiger partial charge in [-0.15, -0.1) is 0 Å².